The molecule has 0 aliphatic carbocycles. The summed E-state index contributed by atoms with van der Waals surface area (Å²) in [5.74, 6) is 0.285. The Morgan fingerprint density at radius 1 is 0.734 bits per heavy atom. The van der Waals surface area contributed by atoms with Crippen molar-refractivity contribution in [1.29, 1.82) is 0 Å². The van der Waals surface area contributed by atoms with Gasteiger partial charge < -0.3 is 39.9 Å². The molecule has 1 fully saturated rings. The average Bonchev–Trinajstić information content (AvgIpc) is 3.52. The Hall–Kier alpha value is -2.24. The maximum Gasteiger partial charge on any atom is 0.481 e. The molecule has 1 aliphatic heterocycles. The summed E-state index contributed by atoms with van der Waals surface area (Å²) in [7, 11) is -10.8. The highest BCUT2D eigenvalue weighted by Gasteiger charge is 2.46. The molecular weight excluding hydrogens is 872 g/mol. The van der Waals surface area contributed by atoms with Gasteiger partial charge >= 0.3 is 33.3 Å². The fourth-order valence-corrected chi connectivity index (χ4v) is 9.38. The summed E-state index contributed by atoms with van der Waals surface area (Å²) in [6.07, 6.45) is 17.8. The first-order valence-corrected chi connectivity index (χ1v) is 26.8. The van der Waals surface area contributed by atoms with E-state index in [1.54, 1.807) is 0 Å². The van der Waals surface area contributed by atoms with Gasteiger partial charge in [-0.2, -0.15) is 9.29 Å². The normalized spacial score (nSPS) is 20.9. The Morgan fingerprint density at radius 2 is 1.20 bits per heavy atom. The quantitative estimate of drug-likeness (QED) is 0.0235. The number of ether oxygens (including phenoxy) is 3. The Kier molecular flexibility index (Phi) is 29.4. The number of nitrogens with zero attached hydrogens (tertiary/aromatic N) is 2. The molecule has 64 heavy (non-hydrogen) atoms. The molecule has 18 nitrogen and oxygen atoms in total. The zero-order chi connectivity index (χ0) is 47.4. The highest BCUT2D eigenvalue weighted by atomic mass is 31.3. The standard InChI is InChI=1S/C44H81N3O15P2/c1-5-34(3)25-21-17-13-9-7-8-10-15-19-23-27-39(48)57-31-36(60-40(49)28-24-20-16-12-11-14-18-22-26-35(4)6-2)32-58-63(53,54)62-64(55,56)59-33-37-41(50)42(51)43(61-37)47-30-29-38(45)46-44(47)52/h29-30,34-37,41-43,50-51H,5-28,31-33H2,1-4H3,(H,53,54)(H,55,56)(H2,45,46,52)/t34?,35?,36-,37-,41+,42?,43-/m1/s1. The molecule has 0 aromatic carbocycles. The number of nitrogen functional groups attached to an aromatic ring is 1. The molecule has 9 atom stereocenters. The minimum Gasteiger partial charge on any atom is -0.462 e. The number of hydrogen-bond donors (Lipinski definition) is 5. The molecule has 0 radical (unpaired) electrons. The lowest BCUT2D eigenvalue weighted by Crippen LogP contribution is -2.36. The fraction of sp³-hybridized carbons (Fsp3) is 0.864. The van der Waals surface area contributed by atoms with Gasteiger partial charge in [-0.05, 0) is 30.7 Å². The van der Waals surface area contributed by atoms with Crippen molar-refractivity contribution in [3.05, 3.63) is 22.7 Å². The van der Waals surface area contributed by atoms with Gasteiger partial charge in [-0.25, -0.2) is 13.9 Å². The lowest BCUT2D eigenvalue weighted by Gasteiger charge is -2.21. The average molecular weight is 954 g/mol. The number of nitrogens with two attached hydrogens (primary N) is 1. The highest BCUT2D eigenvalue weighted by molar-refractivity contribution is 7.61. The summed E-state index contributed by atoms with van der Waals surface area (Å²) in [5, 5.41) is 20.9. The molecule has 20 heteroatoms. The Bertz CT molecular complexity index is 1600. The number of hydrogen-bond acceptors (Lipinski definition) is 15. The maximum atomic E-state index is 12.8. The predicted molar refractivity (Wildman–Crippen MR) is 243 cm³/mol. The van der Waals surface area contributed by atoms with E-state index in [1.807, 2.05) is 0 Å². The van der Waals surface area contributed by atoms with Crippen LogP contribution in [-0.4, -0.2) is 85.7 Å². The molecule has 0 saturated carbocycles. The number of carbonyl (C=O) groups excluding carboxylic acids is 2. The van der Waals surface area contributed by atoms with Gasteiger partial charge in [0.1, 0.15) is 30.7 Å². The summed E-state index contributed by atoms with van der Waals surface area (Å²) < 4.78 is 56.7. The summed E-state index contributed by atoms with van der Waals surface area (Å²) in [5.41, 5.74) is 4.58. The Morgan fingerprint density at radius 3 is 1.70 bits per heavy atom. The van der Waals surface area contributed by atoms with Gasteiger partial charge in [-0.15, -0.1) is 0 Å². The zero-order valence-corrected chi connectivity index (χ0v) is 40.7. The van der Waals surface area contributed by atoms with Crippen LogP contribution in [0.1, 0.15) is 188 Å². The van der Waals surface area contributed by atoms with Crippen molar-refractivity contribution in [2.24, 2.45) is 11.8 Å². The predicted octanol–water partition coefficient (Wildman–Crippen LogP) is 8.82. The number of unbranched alkanes of at least 4 members (excludes halogenated alkanes) is 16. The van der Waals surface area contributed by atoms with Crippen molar-refractivity contribution < 1.29 is 66.3 Å². The molecule has 1 aliphatic rings. The Labute approximate surface area is 380 Å². The highest BCUT2D eigenvalue weighted by Crippen LogP contribution is 2.60. The van der Waals surface area contributed by atoms with Crippen LogP contribution >= 0.6 is 15.6 Å². The number of anilines is 1. The van der Waals surface area contributed by atoms with Gasteiger partial charge in [0.05, 0.1) is 13.2 Å². The lowest BCUT2D eigenvalue weighted by molar-refractivity contribution is -0.161. The van der Waals surface area contributed by atoms with E-state index in [-0.39, 0.29) is 18.7 Å². The van der Waals surface area contributed by atoms with E-state index in [4.69, 9.17) is 29.0 Å². The number of aromatic nitrogens is 2. The number of aliphatic hydroxyl groups is 2. The van der Waals surface area contributed by atoms with Gasteiger partial charge in [0.15, 0.2) is 12.3 Å². The SMILES string of the molecule is CCC(C)CCCCCCCCCCCCC(=O)OC[C@H](COP(=O)(O)OP(=O)(O)OC[C@H]1O[C@@H](n2ccc(N)nc2=O)C(O)[C@H]1O)OC(=O)CCCCCCCCCCC(C)CC. The van der Waals surface area contributed by atoms with Crippen molar-refractivity contribution >= 4 is 33.4 Å². The van der Waals surface area contributed by atoms with E-state index >= 15 is 0 Å². The fourth-order valence-electron chi connectivity index (χ4n) is 7.27. The largest absolute Gasteiger partial charge is 0.481 e. The van der Waals surface area contributed by atoms with Gasteiger partial charge in [0.25, 0.3) is 0 Å². The second-order valence-corrected chi connectivity index (χ2v) is 20.5. The molecule has 5 unspecified atom stereocenters. The van der Waals surface area contributed by atoms with Crippen LogP contribution in [0.3, 0.4) is 0 Å². The van der Waals surface area contributed by atoms with Crippen LogP contribution in [-0.2, 0) is 46.3 Å². The van der Waals surface area contributed by atoms with E-state index in [0.717, 1.165) is 67.8 Å². The molecule has 1 aromatic rings. The van der Waals surface area contributed by atoms with Crippen LogP contribution in [0.25, 0.3) is 0 Å². The molecule has 372 valence electrons. The number of phosphoric ester groups is 2. The first-order valence-electron chi connectivity index (χ1n) is 23.8. The number of esters is 2. The number of carbonyl (C=O) groups is 2. The van der Waals surface area contributed by atoms with Gasteiger partial charge in [-0.1, -0.05) is 156 Å². The van der Waals surface area contributed by atoms with Crippen LogP contribution in [0.5, 0.6) is 0 Å². The summed E-state index contributed by atoms with van der Waals surface area (Å²) in [6, 6.07) is 1.25. The van der Waals surface area contributed by atoms with E-state index in [0.29, 0.717) is 12.8 Å². The molecular formula is C44H81N3O15P2. The van der Waals surface area contributed by atoms with Crippen LogP contribution in [0.15, 0.2) is 17.1 Å². The van der Waals surface area contributed by atoms with E-state index in [9.17, 15) is 43.5 Å². The van der Waals surface area contributed by atoms with Crippen LogP contribution in [0, 0.1) is 11.8 Å². The molecule has 0 amide bonds. The van der Waals surface area contributed by atoms with E-state index < -0.39 is 83.7 Å². The topological polar surface area (TPSA) is 265 Å². The van der Waals surface area contributed by atoms with Gasteiger partial charge in [0, 0.05) is 19.0 Å². The minimum absolute atomic E-state index is 0.0542. The lowest BCUT2D eigenvalue weighted by atomic mass is 9.99. The number of rotatable bonds is 38. The van der Waals surface area contributed by atoms with Crippen molar-refractivity contribution in [1.82, 2.24) is 9.55 Å². The molecule has 2 heterocycles. The third-order valence-corrected chi connectivity index (χ3v) is 14.4. The summed E-state index contributed by atoms with van der Waals surface area (Å²) in [6.45, 7) is 6.76. The maximum absolute atomic E-state index is 12.8. The number of phosphoric acid groups is 2. The van der Waals surface area contributed by atoms with Crippen molar-refractivity contribution in [3.8, 4) is 0 Å². The van der Waals surface area contributed by atoms with Crippen LogP contribution in [0.4, 0.5) is 5.82 Å². The minimum atomic E-state index is -5.41. The summed E-state index contributed by atoms with van der Waals surface area (Å²) in [4.78, 5) is 61.7. The van der Waals surface area contributed by atoms with Crippen molar-refractivity contribution in [2.75, 3.05) is 25.6 Å². The third-order valence-electron chi connectivity index (χ3n) is 11.8. The second-order valence-electron chi connectivity index (χ2n) is 17.5. The van der Waals surface area contributed by atoms with E-state index in [2.05, 4.69) is 37.0 Å². The smallest absolute Gasteiger partial charge is 0.462 e. The van der Waals surface area contributed by atoms with Crippen LogP contribution < -0.4 is 11.4 Å². The Balaban J connectivity index is 1.82. The van der Waals surface area contributed by atoms with E-state index in [1.165, 1.54) is 89.3 Å². The molecule has 1 saturated heterocycles. The molecule has 0 spiro atoms. The number of aliphatic hydroxyl groups excluding tert-OH is 2. The molecule has 1 aromatic heterocycles. The monoisotopic (exact) mass is 954 g/mol. The molecule has 0 bridgehead atoms. The van der Waals surface area contributed by atoms with Crippen molar-refractivity contribution in [3.63, 3.8) is 0 Å². The van der Waals surface area contributed by atoms with Crippen LogP contribution in [0.2, 0.25) is 0 Å². The second kappa shape index (κ2) is 32.5. The zero-order valence-electron chi connectivity index (χ0n) is 38.9. The molecule has 6 N–H and O–H groups in total. The van der Waals surface area contributed by atoms with Crippen molar-refractivity contribution in [2.45, 2.75) is 212 Å². The third kappa shape index (κ3) is 25.6. The molecule has 2 rings (SSSR count). The van der Waals surface area contributed by atoms with Gasteiger partial charge in [-0.3, -0.25) is 23.2 Å². The first-order chi connectivity index (χ1) is 30.5. The van der Waals surface area contributed by atoms with Gasteiger partial charge in [0.2, 0.25) is 0 Å². The summed E-state index contributed by atoms with van der Waals surface area (Å²) >= 11 is 0. The first kappa shape index (κ1) is 57.9.